The fraction of sp³-hybridized carbons (Fsp3) is 0.522. The fourth-order valence-electron chi connectivity index (χ4n) is 4.49. The summed E-state index contributed by atoms with van der Waals surface area (Å²) in [6.07, 6.45) is -0.542. The Morgan fingerprint density at radius 1 is 1.22 bits per heavy atom. The number of hydrogen-bond donors (Lipinski definition) is 2. The minimum atomic E-state index is -4.73. The average Bonchev–Trinajstić information content (AvgIpc) is 2.79. The van der Waals surface area contributed by atoms with Gasteiger partial charge in [-0.3, -0.25) is 4.79 Å². The third kappa shape index (κ3) is 7.06. The molecule has 0 spiro atoms. The minimum Gasteiger partial charge on any atom is -0.494 e. The lowest BCUT2D eigenvalue weighted by Crippen LogP contribution is -2.44. The molecule has 1 amide bonds. The van der Waals surface area contributed by atoms with Gasteiger partial charge in [-0.25, -0.2) is 27.1 Å². The van der Waals surface area contributed by atoms with E-state index in [2.05, 4.69) is 20.6 Å². The number of alkyl halides is 3. The number of carbonyl (C=O) groups excluding carboxylic acids is 1. The number of anilines is 3. The highest BCUT2D eigenvalue weighted by atomic mass is 32.2. The Morgan fingerprint density at radius 3 is 2.49 bits per heavy atom. The predicted octanol–water partition coefficient (Wildman–Crippen LogP) is 4.34. The van der Waals surface area contributed by atoms with Crippen LogP contribution in [0.3, 0.4) is 0 Å². The van der Waals surface area contributed by atoms with Crippen LogP contribution in [0.15, 0.2) is 18.3 Å². The van der Waals surface area contributed by atoms with Crippen molar-refractivity contribution in [2.24, 2.45) is 5.92 Å². The van der Waals surface area contributed by atoms with Crippen molar-refractivity contribution >= 4 is 33.3 Å². The van der Waals surface area contributed by atoms with E-state index in [4.69, 9.17) is 4.74 Å². The first-order valence-corrected chi connectivity index (χ1v) is 13.3. The maximum Gasteiger partial charge on any atom is 0.419 e. The van der Waals surface area contributed by atoms with Gasteiger partial charge in [0.25, 0.3) is 0 Å². The first kappa shape index (κ1) is 28.6. The highest BCUT2D eigenvalue weighted by Gasteiger charge is 2.38. The van der Waals surface area contributed by atoms with Crippen molar-refractivity contribution in [3.8, 4) is 5.75 Å². The molecule has 0 unspecified atom stereocenters. The molecule has 0 radical (unpaired) electrons. The molecule has 0 saturated heterocycles. The Labute approximate surface area is 212 Å². The lowest BCUT2D eigenvalue weighted by atomic mass is 9.81. The van der Waals surface area contributed by atoms with Crippen LogP contribution in [0.5, 0.6) is 5.75 Å². The number of methoxy groups -OCH3 is 1. The summed E-state index contributed by atoms with van der Waals surface area (Å²) in [4.78, 5) is 19.2. The molecule has 2 atom stereocenters. The maximum atomic E-state index is 14.5. The van der Waals surface area contributed by atoms with E-state index in [0.717, 1.165) is 25.2 Å². The second kappa shape index (κ2) is 11.2. The van der Waals surface area contributed by atoms with Gasteiger partial charge in [-0.05, 0) is 25.2 Å². The first-order valence-electron chi connectivity index (χ1n) is 11.5. The normalized spacial score (nSPS) is 18.5. The van der Waals surface area contributed by atoms with Crippen molar-refractivity contribution in [3.63, 3.8) is 0 Å². The van der Waals surface area contributed by atoms with Crippen LogP contribution in [0.4, 0.5) is 34.9 Å². The number of aromatic nitrogens is 2. The van der Waals surface area contributed by atoms with Gasteiger partial charge in [0.05, 0.1) is 36.0 Å². The average molecular weight is 548 g/mol. The van der Waals surface area contributed by atoms with E-state index >= 15 is 0 Å². The zero-order chi connectivity index (χ0) is 27.5. The van der Waals surface area contributed by atoms with Crippen molar-refractivity contribution in [2.75, 3.05) is 31.0 Å². The predicted molar refractivity (Wildman–Crippen MR) is 130 cm³/mol. The molecule has 0 bridgehead atoms. The van der Waals surface area contributed by atoms with Crippen molar-refractivity contribution in [3.05, 3.63) is 35.4 Å². The summed E-state index contributed by atoms with van der Waals surface area (Å²) < 4.78 is 86.6. The molecule has 14 heteroatoms. The van der Waals surface area contributed by atoms with Crippen LogP contribution in [-0.4, -0.2) is 55.1 Å². The Bertz CT molecular complexity index is 1260. The Kier molecular flexibility index (Phi) is 8.63. The molecule has 1 fully saturated rings. The van der Waals surface area contributed by atoms with E-state index in [0.29, 0.717) is 19.0 Å². The van der Waals surface area contributed by atoms with Crippen molar-refractivity contribution in [1.29, 1.82) is 0 Å². The van der Waals surface area contributed by atoms with E-state index in [1.807, 2.05) is 0 Å². The molecule has 0 aliphatic heterocycles. The van der Waals surface area contributed by atoms with Gasteiger partial charge in [-0.1, -0.05) is 12.8 Å². The third-order valence-electron chi connectivity index (χ3n) is 6.33. The molecule has 2 aromatic rings. The smallest absolute Gasteiger partial charge is 0.419 e. The number of benzene rings is 1. The molecule has 1 aromatic carbocycles. The van der Waals surface area contributed by atoms with Gasteiger partial charge in [0.2, 0.25) is 21.9 Å². The molecule has 1 aliphatic carbocycles. The Balaban J connectivity index is 1.97. The van der Waals surface area contributed by atoms with Gasteiger partial charge in [0.15, 0.2) is 0 Å². The van der Waals surface area contributed by atoms with Crippen molar-refractivity contribution in [2.45, 2.75) is 51.2 Å². The highest BCUT2D eigenvalue weighted by Crippen LogP contribution is 2.37. The molecule has 2 N–H and O–H groups in total. The van der Waals surface area contributed by atoms with E-state index in [9.17, 15) is 30.8 Å². The quantitative estimate of drug-likeness (QED) is 0.473. The fourth-order valence-corrected chi connectivity index (χ4v) is 5.26. The maximum absolute atomic E-state index is 14.5. The minimum absolute atomic E-state index is 0.0344. The molecular weight excluding hydrogens is 518 g/mol. The van der Waals surface area contributed by atoms with Crippen LogP contribution in [0, 0.1) is 11.7 Å². The molecule has 37 heavy (non-hydrogen) atoms. The van der Waals surface area contributed by atoms with E-state index in [1.165, 1.54) is 31.5 Å². The summed E-state index contributed by atoms with van der Waals surface area (Å²) in [6.45, 7) is 1.21. The largest absolute Gasteiger partial charge is 0.494 e. The highest BCUT2D eigenvalue weighted by molar-refractivity contribution is 7.88. The molecule has 3 rings (SSSR count). The number of rotatable bonds is 8. The lowest BCUT2D eigenvalue weighted by molar-refractivity contribution is -0.138. The Hall–Kier alpha value is -3.00. The molecule has 204 valence electrons. The lowest BCUT2D eigenvalue weighted by Gasteiger charge is -2.37. The summed E-state index contributed by atoms with van der Waals surface area (Å²) in [5.74, 6) is -1.82. The van der Waals surface area contributed by atoms with E-state index in [1.54, 1.807) is 0 Å². The van der Waals surface area contributed by atoms with Crippen molar-refractivity contribution in [1.82, 2.24) is 14.3 Å². The van der Waals surface area contributed by atoms with E-state index < -0.39 is 39.5 Å². The summed E-state index contributed by atoms with van der Waals surface area (Å²) in [7, 11) is -0.814. The van der Waals surface area contributed by atoms with Crippen LogP contribution in [0.2, 0.25) is 0 Å². The monoisotopic (exact) mass is 547 g/mol. The van der Waals surface area contributed by atoms with Gasteiger partial charge in [0, 0.05) is 38.3 Å². The zero-order valence-corrected chi connectivity index (χ0v) is 21.6. The van der Waals surface area contributed by atoms with Crippen LogP contribution < -0.4 is 15.4 Å². The van der Waals surface area contributed by atoms with Crippen LogP contribution >= 0.6 is 0 Å². The van der Waals surface area contributed by atoms with Gasteiger partial charge < -0.3 is 15.4 Å². The van der Waals surface area contributed by atoms with Crippen molar-refractivity contribution < 1.29 is 35.5 Å². The first-order chi connectivity index (χ1) is 17.2. The van der Waals surface area contributed by atoms with Gasteiger partial charge in [0.1, 0.15) is 11.6 Å². The Morgan fingerprint density at radius 2 is 1.89 bits per heavy atom. The number of ether oxygens (including phenoxy) is 1. The van der Waals surface area contributed by atoms with Crippen LogP contribution in [0.25, 0.3) is 0 Å². The summed E-state index contributed by atoms with van der Waals surface area (Å²) in [6, 6.07) is 1.76. The molecule has 1 aromatic heterocycles. The van der Waals surface area contributed by atoms with Crippen LogP contribution in [0.1, 0.15) is 43.9 Å². The number of nitrogens with one attached hydrogen (secondary N) is 2. The number of hydrogen-bond acceptors (Lipinski definition) is 7. The number of amides is 1. The molecule has 1 aliphatic rings. The zero-order valence-electron chi connectivity index (χ0n) is 20.8. The standard InChI is InChI=1S/C23H29F4N5O4S/c1-13(33)29-18-11-21(36-3)19(10-16(18)24)31-22-28-12-15(23(25,26)27)17(30-22)9-14-7-5-6-8-20(14)32(2)37(4,34)35/h10-12,14,20H,5-9H2,1-4H3,(H,29,33)(H,28,30,31)/t14-,20+/m0/s1. The molecule has 1 heterocycles. The second-order valence-corrected chi connectivity index (χ2v) is 11.0. The number of carbonyl (C=O) groups is 1. The van der Waals surface area contributed by atoms with Gasteiger partial charge in [-0.15, -0.1) is 0 Å². The molecule has 1 saturated carbocycles. The summed E-state index contributed by atoms with van der Waals surface area (Å²) >= 11 is 0. The molecular formula is C23H29F4N5O4S. The number of nitrogens with zero attached hydrogens (tertiary/aromatic N) is 3. The van der Waals surface area contributed by atoms with E-state index in [-0.39, 0.29) is 41.1 Å². The SMILES string of the molecule is COc1cc(NC(C)=O)c(F)cc1Nc1ncc(C(F)(F)F)c(C[C@@H]2CCCC[C@H]2N(C)S(C)(=O)=O)n1. The number of sulfonamides is 1. The third-order valence-corrected chi connectivity index (χ3v) is 7.65. The topological polar surface area (TPSA) is 114 Å². The molecule has 9 nitrogen and oxygen atoms in total. The van der Waals surface area contributed by atoms with Crippen LogP contribution in [-0.2, 0) is 27.4 Å². The van der Waals surface area contributed by atoms with Gasteiger partial charge in [-0.2, -0.15) is 13.2 Å². The van der Waals surface area contributed by atoms with Gasteiger partial charge >= 0.3 is 6.18 Å². The summed E-state index contributed by atoms with van der Waals surface area (Å²) in [5.41, 5.74) is -1.42. The number of halogens is 4. The summed E-state index contributed by atoms with van der Waals surface area (Å²) in [5, 5.41) is 5.00. The second-order valence-electron chi connectivity index (χ2n) is 8.99.